The van der Waals surface area contributed by atoms with Crippen molar-refractivity contribution in [2.75, 3.05) is 12.0 Å². The third-order valence-corrected chi connectivity index (χ3v) is 6.19. The molecule has 0 amide bonds. The quantitative estimate of drug-likeness (QED) is 0.171. The van der Waals surface area contributed by atoms with Gasteiger partial charge in [0.25, 0.3) is 5.69 Å². The van der Waals surface area contributed by atoms with Crippen LogP contribution in [0, 0.1) is 10.1 Å². The minimum Gasteiger partial charge on any atom is -0.258 e. The molecule has 0 aromatic heterocycles. The van der Waals surface area contributed by atoms with Crippen molar-refractivity contribution in [1.82, 2.24) is 0 Å². The van der Waals surface area contributed by atoms with Crippen LogP contribution < -0.4 is 0 Å². The van der Waals surface area contributed by atoms with Crippen LogP contribution in [0.1, 0.15) is 76.7 Å². The average molecular weight is 353 g/mol. The molecule has 3 nitrogen and oxygen atoms in total. The first-order chi connectivity index (χ1) is 11.6. The van der Waals surface area contributed by atoms with E-state index in [-0.39, 0.29) is 10.6 Å². The summed E-state index contributed by atoms with van der Waals surface area (Å²) in [7, 11) is 0.322. The highest BCUT2D eigenvalue weighted by Crippen LogP contribution is 2.17. The van der Waals surface area contributed by atoms with Crippen LogP contribution in [0.15, 0.2) is 24.3 Å². The Morgan fingerprint density at radius 1 is 0.958 bits per heavy atom. The van der Waals surface area contributed by atoms with Crippen molar-refractivity contribution in [3.05, 3.63) is 39.9 Å². The second kappa shape index (κ2) is 13.3. The van der Waals surface area contributed by atoms with Crippen molar-refractivity contribution in [1.29, 1.82) is 0 Å². The molecule has 1 aromatic rings. The number of benzene rings is 1. The number of rotatable bonds is 14. The summed E-state index contributed by atoms with van der Waals surface area (Å²) >= 11 is 0. The number of hydrogen-bond donors (Lipinski definition) is 0. The standard InChI is InChI=1S/C20H34NO2S/c1-3-4-5-6-7-8-9-10-11-12-16-24(2)18-19-14-13-15-20(17-19)21(22)23/h13-15,17H,3-12,16,18H2,1-2H3/q+1. The summed E-state index contributed by atoms with van der Waals surface area (Å²) in [6, 6.07) is 7.10. The third kappa shape index (κ3) is 9.96. The fraction of sp³-hybridized carbons (Fsp3) is 0.700. The van der Waals surface area contributed by atoms with Crippen LogP contribution in [0.2, 0.25) is 0 Å². The smallest absolute Gasteiger partial charge is 0.258 e. The molecule has 1 rings (SSSR count). The predicted molar refractivity (Wildman–Crippen MR) is 107 cm³/mol. The average Bonchev–Trinajstić information content (AvgIpc) is 2.56. The molecule has 136 valence electrons. The molecular weight excluding hydrogens is 318 g/mol. The summed E-state index contributed by atoms with van der Waals surface area (Å²) in [5, 5.41) is 10.8. The van der Waals surface area contributed by atoms with Gasteiger partial charge in [-0.1, -0.05) is 70.4 Å². The zero-order valence-corrected chi connectivity index (χ0v) is 16.3. The van der Waals surface area contributed by atoms with Crippen LogP contribution in [-0.4, -0.2) is 16.9 Å². The summed E-state index contributed by atoms with van der Waals surface area (Å²) < 4.78 is 0. The third-order valence-electron chi connectivity index (χ3n) is 4.38. The molecule has 0 heterocycles. The number of nitro benzene ring substituents is 1. The number of unbranched alkanes of at least 4 members (excludes halogenated alkanes) is 9. The van der Waals surface area contributed by atoms with Crippen molar-refractivity contribution in [2.45, 2.75) is 76.9 Å². The lowest BCUT2D eigenvalue weighted by molar-refractivity contribution is -0.384. The normalized spacial score (nSPS) is 12.2. The first kappa shape index (κ1) is 21.0. The van der Waals surface area contributed by atoms with Crippen LogP contribution >= 0.6 is 0 Å². The molecule has 0 aliphatic carbocycles. The highest BCUT2D eigenvalue weighted by Gasteiger charge is 2.14. The molecule has 1 atom stereocenters. The molecule has 0 aliphatic rings. The minimum absolute atomic E-state index is 0.212. The van der Waals surface area contributed by atoms with E-state index in [4.69, 9.17) is 0 Å². The maximum absolute atomic E-state index is 10.8. The predicted octanol–water partition coefficient (Wildman–Crippen LogP) is 6.26. The highest BCUT2D eigenvalue weighted by atomic mass is 32.2. The summed E-state index contributed by atoms with van der Waals surface area (Å²) in [6.45, 7) is 2.26. The summed E-state index contributed by atoms with van der Waals surface area (Å²) in [5.74, 6) is 2.22. The Labute approximate surface area is 150 Å². The lowest BCUT2D eigenvalue weighted by atomic mass is 10.1. The first-order valence-electron chi connectivity index (χ1n) is 9.46. The summed E-state index contributed by atoms with van der Waals surface area (Å²) in [6.07, 6.45) is 16.0. The molecule has 0 aliphatic heterocycles. The van der Waals surface area contributed by atoms with Crippen LogP contribution in [-0.2, 0) is 16.6 Å². The van der Waals surface area contributed by atoms with E-state index in [2.05, 4.69) is 13.2 Å². The van der Waals surface area contributed by atoms with Gasteiger partial charge >= 0.3 is 0 Å². The number of nitrogens with zero attached hydrogens (tertiary/aromatic N) is 1. The van der Waals surface area contributed by atoms with E-state index >= 15 is 0 Å². The second-order valence-corrected chi connectivity index (χ2v) is 9.00. The van der Waals surface area contributed by atoms with Gasteiger partial charge < -0.3 is 0 Å². The van der Waals surface area contributed by atoms with Gasteiger partial charge in [-0.15, -0.1) is 0 Å². The number of hydrogen-bond acceptors (Lipinski definition) is 2. The summed E-state index contributed by atoms with van der Waals surface area (Å²) in [5.41, 5.74) is 1.31. The molecular formula is C20H34NO2S+. The molecule has 0 spiro atoms. The topological polar surface area (TPSA) is 43.1 Å². The first-order valence-corrected chi connectivity index (χ1v) is 11.4. The Bertz CT molecular complexity index is 465. The van der Waals surface area contributed by atoms with E-state index in [0.717, 1.165) is 11.3 Å². The highest BCUT2D eigenvalue weighted by molar-refractivity contribution is 7.95. The maximum Gasteiger partial charge on any atom is 0.269 e. The lowest BCUT2D eigenvalue weighted by Gasteiger charge is -2.05. The fourth-order valence-electron chi connectivity index (χ4n) is 2.95. The Hall–Kier alpha value is -1.03. The van der Waals surface area contributed by atoms with Gasteiger partial charge in [0.05, 0.1) is 11.2 Å². The SMILES string of the molecule is CCCCCCCCCCCC[S+](C)Cc1cccc([N+](=O)[O-])c1. The zero-order valence-electron chi connectivity index (χ0n) is 15.5. The second-order valence-electron chi connectivity index (χ2n) is 6.74. The fourth-order valence-corrected chi connectivity index (χ4v) is 4.54. The molecule has 1 unspecified atom stereocenters. The van der Waals surface area contributed by atoms with E-state index in [9.17, 15) is 10.1 Å². The van der Waals surface area contributed by atoms with E-state index in [0.29, 0.717) is 10.9 Å². The molecule has 0 radical (unpaired) electrons. The van der Waals surface area contributed by atoms with Crippen LogP contribution in [0.5, 0.6) is 0 Å². The number of non-ortho nitro benzene ring substituents is 1. The molecule has 0 bridgehead atoms. The number of nitro groups is 1. The van der Waals surface area contributed by atoms with Crippen molar-refractivity contribution in [2.24, 2.45) is 0 Å². The van der Waals surface area contributed by atoms with Gasteiger partial charge in [0.2, 0.25) is 0 Å². The van der Waals surface area contributed by atoms with Gasteiger partial charge in [-0.2, -0.15) is 0 Å². The lowest BCUT2D eigenvalue weighted by Crippen LogP contribution is -2.08. The monoisotopic (exact) mass is 352 g/mol. The maximum atomic E-state index is 10.8. The molecule has 0 saturated carbocycles. The van der Waals surface area contributed by atoms with Crippen molar-refractivity contribution < 1.29 is 4.92 Å². The summed E-state index contributed by atoms with van der Waals surface area (Å²) in [4.78, 5) is 10.5. The van der Waals surface area contributed by atoms with Crippen LogP contribution in [0.3, 0.4) is 0 Å². The molecule has 24 heavy (non-hydrogen) atoms. The van der Waals surface area contributed by atoms with Gasteiger partial charge in [-0.05, 0) is 23.7 Å². The Morgan fingerprint density at radius 3 is 2.12 bits per heavy atom. The van der Waals surface area contributed by atoms with Crippen molar-refractivity contribution >= 4 is 16.6 Å². The van der Waals surface area contributed by atoms with Gasteiger partial charge in [0, 0.05) is 17.7 Å². The zero-order chi connectivity index (χ0) is 17.6. The molecule has 1 aromatic carbocycles. The van der Waals surface area contributed by atoms with Crippen LogP contribution in [0.25, 0.3) is 0 Å². The van der Waals surface area contributed by atoms with E-state index in [1.807, 2.05) is 6.07 Å². The Kier molecular flexibility index (Phi) is 11.6. The van der Waals surface area contributed by atoms with Gasteiger partial charge in [0.15, 0.2) is 0 Å². The van der Waals surface area contributed by atoms with Crippen LogP contribution in [0.4, 0.5) is 5.69 Å². The van der Waals surface area contributed by atoms with Gasteiger partial charge in [0.1, 0.15) is 11.5 Å². The van der Waals surface area contributed by atoms with E-state index in [1.165, 1.54) is 70.0 Å². The minimum atomic E-state index is -0.306. The molecule has 0 N–H and O–H groups in total. The molecule has 0 saturated heterocycles. The largest absolute Gasteiger partial charge is 0.269 e. The molecule has 4 heteroatoms. The van der Waals surface area contributed by atoms with E-state index in [1.54, 1.807) is 18.2 Å². The van der Waals surface area contributed by atoms with E-state index < -0.39 is 0 Å². The van der Waals surface area contributed by atoms with Crippen molar-refractivity contribution in [3.63, 3.8) is 0 Å². The van der Waals surface area contributed by atoms with Crippen molar-refractivity contribution in [3.8, 4) is 0 Å². The Morgan fingerprint density at radius 2 is 1.54 bits per heavy atom. The molecule has 0 fully saturated rings. The van der Waals surface area contributed by atoms with Gasteiger partial charge in [-0.25, -0.2) is 0 Å². The Balaban J connectivity index is 2.05. The van der Waals surface area contributed by atoms with Gasteiger partial charge in [-0.3, -0.25) is 10.1 Å².